The van der Waals surface area contributed by atoms with Gasteiger partial charge in [-0.05, 0) is 50.1 Å². The van der Waals surface area contributed by atoms with Gasteiger partial charge in [0.2, 0.25) is 10.0 Å². The maximum absolute atomic E-state index is 12.6. The molecule has 0 unspecified atom stereocenters. The van der Waals surface area contributed by atoms with Gasteiger partial charge in [0.1, 0.15) is 12.4 Å². The number of carbonyl (C=O) groups is 1. The fourth-order valence-electron chi connectivity index (χ4n) is 2.54. The Labute approximate surface area is 160 Å². The number of hydrogen-bond acceptors (Lipinski definition) is 4. The van der Waals surface area contributed by atoms with Crippen molar-refractivity contribution in [3.63, 3.8) is 0 Å². The van der Waals surface area contributed by atoms with Crippen LogP contribution < -0.4 is 9.46 Å². The molecule has 6 nitrogen and oxygen atoms in total. The number of amides is 1. The van der Waals surface area contributed by atoms with E-state index in [9.17, 15) is 13.2 Å². The standard InChI is InChI=1S/C20H24N2O4S/c1-15-6-10-18(11-7-15)26-13-12-22(2)20(23)16-4-3-5-19(14-16)27(24,25)21-17-8-9-17/h3-7,10-11,14,17,21H,8-9,12-13H2,1-2H3. The average Bonchev–Trinajstić information content (AvgIpc) is 3.46. The first-order valence-corrected chi connectivity index (χ1v) is 10.4. The number of likely N-dealkylation sites (N-methyl/N-ethyl adjacent to an activating group) is 1. The third-order valence-corrected chi connectivity index (χ3v) is 5.87. The average molecular weight is 388 g/mol. The van der Waals surface area contributed by atoms with Crippen LogP contribution in [0.4, 0.5) is 0 Å². The molecule has 0 saturated heterocycles. The van der Waals surface area contributed by atoms with Gasteiger partial charge in [-0.2, -0.15) is 0 Å². The molecule has 1 N–H and O–H groups in total. The van der Waals surface area contributed by atoms with Crippen LogP contribution in [0.15, 0.2) is 53.4 Å². The fourth-order valence-corrected chi connectivity index (χ4v) is 3.89. The second kappa shape index (κ2) is 8.10. The molecule has 0 radical (unpaired) electrons. The number of rotatable bonds is 8. The predicted octanol–water partition coefficient (Wildman–Crippen LogP) is 2.59. The van der Waals surface area contributed by atoms with Gasteiger partial charge < -0.3 is 9.64 Å². The monoisotopic (exact) mass is 388 g/mol. The van der Waals surface area contributed by atoms with Crippen LogP contribution in [0.1, 0.15) is 28.8 Å². The summed E-state index contributed by atoms with van der Waals surface area (Å²) < 4.78 is 32.9. The first-order valence-electron chi connectivity index (χ1n) is 8.92. The quantitative estimate of drug-likeness (QED) is 0.754. The van der Waals surface area contributed by atoms with E-state index in [4.69, 9.17) is 4.74 Å². The van der Waals surface area contributed by atoms with E-state index in [0.29, 0.717) is 18.7 Å². The topological polar surface area (TPSA) is 75.7 Å². The molecular weight excluding hydrogens is 364 g/mol. The van der Waals surface area contributed by atoms with Gasteiger partial charge in [0.15, 0.2) is 0 Å². The second-order valence-electron chi connectivity index (χ2n) is 6.81. The minimum absolute atomic E-state index is 0.0240. The fraction of sp³-hybridized carbons (Fsp3) is 0.350. The van der Waals surface area contributed by atoms with Gasteiger partial charge in [-0.1, -0.05) is 23.8 Å². The first kappa shape index (κ1) is 19.4. The second-order valence-corrected chi connectivity index (χ2v) is 8.53. The SMILES string of the molecule is Cc1ccc(OCCN(C)C(=O)c2cccc(S(=O)(=O)NC3CC3)c2)cc1. The minimum atomic E-state index is -3.58. The van der Waals surface area contributed by atoms with E-state index in [0.717, 1.165) is 24.2 Å². The van der Waals surface area contributed by atoms with Crippen molar-refractivity contribution in [3.8, 4) is 5.75 Å². The van der Waals surface area contributed by atoms with E-state index < -0.39 is 10.0 Å². The summed E-state index contributed by atoms with van der Waals surface area (Å²) in [4.78, 5) is 14.2. The highest BCUT2D eigenvalue weighted by Crippen LogP contribution is 2.22. The van der Waals surface area contributed by atoms with Gasteiger partial charge in [0.05, 0.1) is 11.4 Å². The summed E-state index contributed by atoms with van der Waals surface area (Å²) in [5.74, 6) is 0.506. The summed E-state index contributed by atoms with van der Waals surface area (Å²) >= 11 is 0. The van der Waals surface area contributed by atoms with Crippen LogP contribution in [0.3, 0.4) is 0 Å². The number of nitrogens with one attached hydrogen (secondary N) is 1. The van der Waals surface area contributed by atoms with E-state index >= 15 is 0 Å². The van der Waals surface area contributed by atoms with Crippen molar-refractivity contribution >= 4 is 15.9 Å². The zero-order chi connectivity index (χ0) is 19.4. The molecule has 0 bridgehead atoms. The Balaban J connectivity index is 1.59. The third kappa shape index (κ3) is 5.30. The van der Waals surface area contributed by atoms with Gasteiger partial charge in [-0.25, -0.2) is 13.1 Å². The van der Waals surface area contributed by atoms with Crippen molar-refractivity contribution in [2.45, 2.75) is 30.7 Å². The van der Waals surface area contributed by atoms with Crippen LogP contribution in [0.2, 0.25) is 0 Å². The molecule has 3 rings (SSSR count). The highest BCUT2D eigenvalue weighted by molar-refractivity contribution is 7.89. The Morgan fingerprint density at radius 1 is 1.19 bits per heavy atom. The molecule has 2 aromatic rings. The highest BCUT2D eigenvalue weighted by Gasteiger charge is 2.28. The molecule has 0 atom stereocenters. The molecule has 0 aliphatic heterocycles. The van der Waals surface area contributed by atoms with Gasteiger partial charge in [-0.15, -0.1) is 0 Å². The lowest BCUT2D eigenvalue weighted by atomic mass is 10.2. The van der Waals surface area contributed by atoms with Gasteiger partial charge in [0, 0.05) is 18.7 Å². The molecule has 0 aromatic heterocycles. The van der Waals surface area contributed by atoms with Crippen LogP contribution in [-0.4, -0.2) is 45.5 Å². The van der Waals surface area contributed by atoms with Gasteiger partial charge in [0.25, 0.3) is 5.91 Å². The lowest BCUT2D eigenvalue weighted by Crippen LogP contribution is -2.31. The van der Waals surface area contributed by atoms with Crippen molar-refractivity contribution < 1.29 is 17.9 Å². The normalized spacial score (nSPS) is 14.0. The lowest BCUT2D eigenvalue weighted by molar-refractivity contribution is 0.0773. The maximum atomic E-state index is 12.6. The first-order chi connectivity index (χ1) is 12.8. The Hall–Kier alpha value is -2.38. The summed E-state index contributed by atoms with van der Waals surface area (Å²) in [6.45, 7) is 2.75. The van der Waals surface area contributed by atoms with Crippen LogP contribution in [0.25, 0.3) is 0 Å². The third-order valence-electron chi connectivity index (χ3n) is 4.35. The Morgan fingerprint density at radius 3 is 2.56 bits per heavy atom. The molecule has 1 amide bonds. The minimum Gasteiger partial charge on any atom is -0.492 e. The maximum Gasteiger partial charge on any atom is 0.253 e. The lowest BCUT2D eigenvalue weighted by Gasteiger charge is -2.18. The number of hydrogen-bond donors (Lipinski definition) is 1. The molecule has 0 heterocycles. The largest absolute Gasteiger partial charge is 0.492 e. The number of benzene rings is 2. The summed E-state index contributed by atoms with van der Waals surface area (Å²) in [5.41, 5.74) is 1.49. The number of carbonyl (C=O) groups excluding carboxylic acids is 1. The summed E-state index contributed by atoms with van der Waals surface area (Å²) in [7, 11) is -1.91. The summed E-state index contributed by atoms with van der Waals surface area (Å²) in [5, 5.41) is 0. The number of ether oxygens (including phenoxy) is 1. The van der Waals surface area contributed by atoms with Crippen LogP contribution in [-0.2, 0) is 10.0 Å². The Bertz CT molecular complexity index is 906. The predicted molar refractivity (Wildman–Crippen MR) is 103 cm³/mol. The molecule has 1 saturated carbocycles. The number of aryl methyl sites for hydroxylation is 1. The van der Waals surface area contributed by atoms with E-state index in [1.807, 2.05) is 31.2 Å². The Kier molecular flexibility index (Phi) is 5.82. The van der Waals surface area contributed by atoms with Gasteiger partial charge in [-0.3, -0.25) is 4.79 Å². The molecule has 144 valence electrons. The smallest absolute Gasteiger partial charge is 0.253 e. The number of nitrogens with zero attached hydrogens (tertiary/aromatic N) is 1. The zero-order valence-corrected chi connectivity index (χ0v) is 16.3. The van der Waals surface area contributed by atoms with Crippen LogP contribution in [0, 0.1) is 6.92 Å². The summed E-state index contributed by atoms with van der Waals surface area (Å²) in [6, 6.07) is 13.9. The molecule has 0 spiro atoms. The molecular formula is C20H24N2O4S. The molecule has 2 aromatic carbocycles. The van der Waals surface area contributed by atoms with Crippen molar-refractivity contribution in [2.24, 2.45) is 0 Å². The van der Waals surface area contributed by atoms with Crippen LogP contribution >= 0.6 is 0 Å². The van der Waals surface area contributed by atoms with Crippen molar-refractivity contribution in [3.05, 3.63) is 59.7 Å². The van der Waals surface area contributed by atoms with E-state index in [-0.39, 0.29) is 16.8 Å². The Morgan fingerprint density at radius 2 is 1.89 bits per heavy atom. The molecule has 1 aliphatic carbocycles. The van der Waals surface area contributed by atoms with Crippen molar-refractivity contribution in [1.29, 1.82) is 0 Å². The molecule has 7 heteroatoms. The zero-order valence-electron chi connectivity index (χ0n) is 15.5. The van der Waals surface area contributed by atoms with Gasteiger partial charge >= 0.3 is 0 Å². The van der Waals surface area contributed by atoms with Crippen LogP contribution in [0.5, 0.6) is 5.75 Å². The van der Waals surface area contributed by atoms with E-state index in [1.165, 1.54) is 17.0 Å². The molecule has 1 aliphatic rings. The van der Waals surface area contributed by atoms with Crippen molar-refractivity contribution in [2.75, 3.05) is 20.2 Å². The van der Waals surface area contributed by atoms with E-state index in [2.05, 4.69) is 4.72 Å². The molecule has 1 fully saturated rings. The molecule has 27 heavy (non-hydrogen) atoms. The van der Waals surface area contributed by atoms with Crippen molar-refractivity contribution in [1.82, 2.24) is 9.62 Å². The highest BCUT2D eigenvalue weighted by atomic mass is 32.2. The number of sulfonamides is 1. The summed E-state index contributed by atoms with van der Waals surface area (Å²) in [6.07, 6.45) is 1.73. The van der Waals surface area contributed by atoms with E-state index in [1.54, 1.807) is 19.2 Å².